The lowest BCUT2D eigenvalue weighted by molar-refractivity contribution is 0.414. The molecule has 0 spiro atoms. The van der Waals surface area contributed by atoms with E-state index in [1.807, 2.05) is 0 Å². The first-order valence-electron chi connectivity index (χ1n) is 4.84. The van der Waals surface area contributed by atoms with E-state index in [4.69, 9.17) is 0 Å². The average molecular weight is 203 g/mol. The lowest BCUT2D eigenvalue weighted by atomic mass is 9.98. The van der Waals surface area contributed by atoms with Crippen LogP contribution in [0.1, 0.15) is 41.5 Å². The Morgan fingerprint density at radius 2 is 1.46 bits per heavy atom. The van der Waals surface area contributed by atoms with Gasteiger partial charge in [-0.25, -0.2) is 0 Å². The van der Waals surface area contributed by atoms with Crippen molar-refractivity contribution in [3.8, 4) is 0 Å². The molecule has 0 fully saturated rings. The van der Waals surface area contributed by atoms with Gasteiger partial charge in [0.2, 0.25) is 0 Å². The van der Waals surface area contributed by atoms with Crippen molar-refractivity contribution in [2.24, 2.45) is 10.8 Å². The maximum Gasteiger partial charge on any atom is 0.0102 e. The summed E-state index contributed by atoms with van der Waals surface area (Å²) in [6.07, 6.45) is 0. The summed E-state index contributed by atoms with van der Waals surface area (Å²) >= 11 is 0. The van der Waals surface area contributed by atoms with Crippen LogP contribution in [-0.4, -0.2) is 18.2 Å². The standard InChI is InChI=1S/C11H25NS/c1-10(2,3)8-12-13(7)9-11(4,5)6/h12H,7-9H2,1-6H3. The van der Waals surface area contributed by atoms with E-state index in [9.17, 15) is 0 Å². The highest BCUT2D eigenvalue weighted by Gasteiger charge is 2.13. The van der Waals surface area contributed by atoms with Gasteiger partial charge in [0, 0.05) is 12.3 Å². The molecule has 1 N–H and O–H groups in total. The third-order valence-electron chi connectivity index (χ3n) is 1.41. The highest BCUT2D eigenvalue weighted by molar-refractivity contribution is 8.12. The predicted molar refractivity (Wildman–Crippen MR) is 66.5 cm³/mol. The molecule has 80 valence electrons. The first-order valence-corrected chi connectivity index (χ1v) is 6.41. The quantitative estimate of drug-likeness (QED) is 0.694. The largest absolute Gasteiger partial charge is 0.270 e. The molecule has 1 unspecified atom stereocenters. The third kappa shape index (κ3) is 10.1. The zero-order valence-electron chi connectivity index (χ0n) is 10.0. The van der Waals surface area contributed by atoms with Gasteiger partial charge in [0.25, 0.3) is 0 Å². The number of nitrogens with one attached hydrogen (secondary N) is 1. The van der Waals surface area contributed by atoms with Crippen LogP contribution in [0.2, 0.25) is 0 Å². The second-order valence-electron chi connectivity index (χ2n) is 6.08. The van der Waals surface area contributed by atoms with Crippen molar-refractivity contribution in [3.05, 3.63) is 0 Å². The average Bonchev–Trinajstić information content (AvgIpc) is 1.78. The fraction of sp³-hybridized carbons (Fsp3) is 0.909. The summed E-state index contributed by atoms with van der Waals surface area (Å²) in [6, 6.07) is 0. The van der Waals surface area contributed by atoms with Gasteiger partial charge in [-0.2, -0.15) is 0 Å². The van der Waals surface area contributed by atoms with E-state index in [1.54, 1.807) is 0 Å². The molecule has 0 saturated heterocycles. The molecule has 1 atom stereocenters. The minimum absolute atomic E-state index is 0.114. The molecule has 0 saturated carbocycles. The molecule has 0 aliphatic heterocycles. The summed E-state index contributed by atoms with van der Waals surface area (Å²) in [7, 11) is 0.114. The second-order valence-corrected chi connectivity index (χ2v) is 7.64. The van der Waals surface area contributed by atoms with Gasteiger partial charge in [0.1, 0.15) is 0 Å². The van der Waals surface area contributed by atoms with Crippen LogP contribution in [0.3, 0.4) is 0 Å². The van der Waals surface area contributed by atoms with Crippen LogP contribution in [0.15, 0.2) is 0 Å². The van der Waals surface area contributed by atoms with Crippen molar-refractivity contribution in [2.75, 3.05) is 12.3 Å². The van der Waals surface area contributed by atoms with Crippen LogP contribution in [0.4, 0.5) is 0 Å². The second kappa shape index (κ2) is 4.61. The Bertz CT molecular complexity index is 172. The summed E-state index contributed by atoms with van der Waals surface area (Å²) in [5.74, 6) is 5.30. The van der Waals surface area contributed by atoms with E-state index >= 15 is 0 Å². The Hall–Kier alpha value is 0.180. The monoisotopic (exact) mass is 203 g/mol. The molecule has 0 aromatic rings. The Kier molecular flexibility index (Phi) is 4.67. The van der Waals surface area contributed by atoms with Crippen LogP contribution in [0.25, 0.3) is 0 Å². The summed E-state index contributed by atoms with van der Waals surface area (Å²) in [5, 5.41) is 0. The molecule has 0 amide bonds. The Morgan fingerprint density at radius 3 is 1.77 bits per heavy atom. The predicted octanol–water partition coefficient (Wildman–Crippen LogP) is 3.28. The molecule has 0 aliphatic carbocycles. The molecule has 2 heteroatoms. The van der Waals surface area contributed by atoms with Gasteiger partial charge in [0.05, 0.1) is 0 Å². The number of hydrogen-bond acceptors (Lipinski definition) is 1. The molecule has 0 aromatic carbocycles. The van der Waals surface area contributed by atoms with E-state index in [0.29, 0.717) is 10.8 Å². The molecule has 0 radical (unpaired) electrons. The fourth-order valence-electron chi connectivity index (χ4n) is 0.892. The minimum Gasteiger partial charge on any atom is -0.270 e. The summed E-state index contributed by atoms with van der Waals surface area (Å²) in [5.41, 5.74) is 0.747. The lowest BCUT2D eigenvalue weighted by Gasteiger charge is -2.24. The van der Waals surface area contributed by atoms with E-state index in [-0.39, 0.29) is 10.7 Å². The fourth-order valence-corrected chi connectivity index (χ4v) is 2.68. The highest BCUT2D eigenvalue weighted by Crippen LogP contribution is 2.23. The normalized spacial score (nSPS) is 15.8. The Morgan fingerprint density at radius 1 is 1.00 bits per heavy atom. The Balaban J connectivity index is 3.78. The van der Waals surface area contributed by atoms with Crippen molar-refractivity contribution in [3.63, 3.8) is 0 Å². The van der Waals surface area contributed by atoms with Crippen molar-refractivity contribution in [2.45, 2.75) is 41.5 Å². The van der Waals surface area contributed by atoms with Crippen LogP contribution >= 0.6 is 10.7 Å². The van der Waals surface area contributed by atoms with E-state index in [0.717, 1.165) is 12.3 Å². The SMILES string of the molecule is C=S(CC(C)(C)C)NCC(C)(C)C. The summed E-state index contributed by atoms with van der Waals surface area (Å²) in [6.45, 7) is 14.6. The van der Waals surface area contributed by atoms with E-state index < -0.39 is 0 Å². The van der Waals surface area contributed by atoms with Crippen LogP contribution in [0, 0.1) is 10.8 Å². The Labute approximate surface area is 86.4 Å². The van der Waals surface area contributed by atoms with Crippen LogP contribution in [-0.2, 0) is 0 Å². The number of hydrogen-bond donors (Lipinski definition) is 1. The highest BCUT2D eigenvalue weighted by atomic mass is 32.2. The molecular weight excluding hydrogens is 178 g/mol. The maximum atomic E-state index is 4.14. The first kappa shape index (κ1) is 13.2. The first-order chi connectivity index (χ1) is 5.60. The van der Waals surface area contributed by atoms with Crippen molar-refractivity contribution in [1.82, 2.24) is 4.72 Å². The van der Waals surface area contributed by atoms with Crippen molar-refractivity contribution < 1.29 is 0 Å². The smallest absolute Gasteiger partial charge is 0.0102 e. The molecule has 0 aromatic heterocycles. The summed E-state index contributed by atoms with van der Waals surface area (Å²) < 4.78 is 3.50. The molecule has 0 rings (SSSR count). The van der Waals surface area contributed by atoms with Gasteiger partial charge < -0.3 is 0 Å². The van der Waals surface area contributed by atoms with E-state index in [2.05, 4.69) is 52.1 Å². The van der Waals surface area contributed by atoms with Gasteiger partial charge >= 0.3 is 0 Å². The maximum absolute atomic E-state index is 4.14. The van der Waals surface area contributed by atoms with Gasteiger partial charge in [-0.05, 0) is 10.8 Å². The lowest BCUT2D eigenvalue weighted by Crippen LogP contribution is -2.25. The number of rotatable bonds is 3. The minimum atomic E-state index is 0.114. The molecule has 0 bridgehead atoms. The van der Waals surface area contributed by atoms with Gasteiger partial charge in [-0.1, -0.05) is 47.4 Å². The van der Waals surface area contributed by atoms with Crippen LogP contribution < -0.4 is 4.72 Å². The zero-order chi connectivity index (χ0) is 10.7. The van der Waals surface area contributed by atoms with Crippen LogP contribution in [0.5, 0.6) is 0 Å². The van der Waals surface area contributed by atoms with Gasteiger partial charge in [-0.15, -0.1) is 10.7 Å². The van der Waals surface area contributed by atoms with Crippen molar-refractivity contribution in [1.29, 1.82) is 0 Å². The molecule has 0 aliphatic rings. The topological polar surface area (TPSA) is 12.0 Å². The summed E-state index contributed by atoms with van der Waals surface area (Å²) in [4.78, 5) is 0. The molecule has 0 heterocycles. The molecule has 13 heavy (non-hydrogen) atoms. The van der Waals surface area contributed by atoms with Gasteiger partial charge in [-0.3, -0.25) is 4.72 Å². The zero-order valence-corrected chi connectivity index (χ0v) is 10.8. The molecule has 1 nitrogen and oxygen atoms in total. The van der Waals surface area contributed by atoms with E-state index in [1.165, 1.54) is 0 Å². The molecular formula is C11H25NS. The van der Waals surface area contributed by atoms with Gasteiger partial charge in [0.15, 0.2) is 0 Å². The third-order valence-corrected chi connectivity index (χ3v) is 3.18. The van der Waals surface area contributed by atoms with Crippen molar-refractivity contribution >= 4 is 16.5 Å².